The molecule has 0 bridgehead atoms. The summed E-state index contributed by atoms with van der Waals surface area (Å²) in [6.07, 6.45) is 8.06. The summed E-state index contributed by atoms with van der Waals surface area (Å²) in [5.41, 5.74) is 0.609. The molecule has 0 saturated heterocycles. The molecular formula is C15H19BrN2O3. The van der Waals surface area contributed by atoms with E-state index in [1.165, 1.54) is 0 Å². The van der Waals surface area contributed by atoms with Crippen molar-refractivity contribution in [3.63, 3.8) is 0 Å². The third-order valence-corrected chi connectivity index (χ3v) is 4.74. The SMILES string of the molecule is O=C(O)CN(C(=O)c1cc(Br)cn1C1CC1)C1CCCC1. The lowest BCUT2D eigenvalue weighted by atomic mass is 10.2. The maximum absolute atomic E-state index is 12.9. The van der Waals surface area contributed by atoms with Crippen molar-refractivity contribution in [3.8, 4) is 0 Å². The van der Waals surface area contributed by atoms with E-state index < -0.39 is 5.97 Å². The Hall–Kier alpha value is -1.30. The molecule has 114 valence electrons. The molecule has 6 heteroatoms. The van der Waals surface area contributed by atoms with Crippen LogP contribution in [0, 0.1) is 0 Å². The molecule has 0 unspecified atom stereocenters. The topological polar surface area (TPSA) is 62.5 Å². The van der Waals surface area contributed by atoms with E-state index in [0.29, 0.717) is 11.7 Å². The van der Waals surface area contributed by atoms with E-state index in [0.717, 1.165) is 43.0 Å². The zero-order valence-electron chi connectivity index (χ0n) is 11.8. The Morgan fingerprint density at radius 2 is 1.95 bits per heavy atom. The van der Waals surface area contributed by atoms with Crippen LogP contribution in [-0.4, -0.2) is 39.0 Å². The van der Waals surface area contributed by atoms with Gasteiger partial charge >= 0.3 is 5.97 Å². The third-order valence-electron chi connectivity index (χ3n) is 4.31. The van der Waals surface area contributed by atoms with Crippen LogP contribution in [0.1, 0.15) is 55.1 Å². The minimum Gasteiger partial charge on any atom is -0.480 e. The molecule has 1 aromatic heterocycles. The maximum atomic E-state index is 12.9. The third kappa shape index (κ3) is 3.15. The normalized spacial score (nSPS) is 18.9. The molecule has 21 heavy (non-hydrogen) atoms. The summed E-state index contributed by atoms with van der Waals surface area (Å²) in [5, 5.41) is 9.13. The fourth-order valence-corrected chi connectivity index (χ4v) is 3.58. The second-order valence-electron chi connectivity index (χ2n) is 5.95. The number of carboxylic acids is 1. The van der Waals surface area contributed by atoms with E-state index in [1.807, 2.05) is 16.8 Å². The van der Waals surface area contributed by atoms with Gasteiger partial charge in [0.05, 0.1) is 0 Å². The Kier molecular flexibility index (Phi) is 4.06. The number of rotatable bonds is 5. The van der Waals surface area contributed by atoms with Gasteiger partial charge in [0.25, 0.3) is 5.91 Å². The zero-order valence-corrected chi connectivity index (χ0v) is 13.4. The van der Waals surface area contributed by atoms with Crippen molar-refractivity contribution in [2.75, 3.05) is 6.54 Å². The highest BCUT2D eigenvalue weighted by molar-refractivity contribution is 9.10. The van der Waals surface area contributed by atoms with Crippen LogP contribution in [0.3, 0.4) is 0 Å². The van der Waals surface area contributed by atoms with Crippen LogP contribution in [0.2, 0.25) is 0 Å². The van der Waals surface area contributed by atoms with Crippen LogP contribution in [0.5, 0.6) is 0 Å². The lowest BCUT2D eigenvalue weighted by Crippen LogP contribution is -2.43. The quantitative estimate of drug-likeness (QED) is 0.883. The summed E-state index contributed by atoms with van der Waals surface area (Å²) in [7, 11) is 0. The van der Waals surface area contributed by atoms with Gasteiger partial charge in [-0.05, 0) is 47.7 Å². The van der Waals surface area contributed by atoms with Crippen molar-refractivity contribution in [2.45, 2.75) is 50.6 Å². The van der Waals surface area contributed by atoms with Gasteiger partial charge in [0, 0.05) is 22.8 Å². The van der Waals surface area contributed by atoms with Crippen molar-refractivity contribution >= 4 is 27.8 Å². The summed E-state index contributed by atoms with van der Waals surface area (Å²) in [6, 6.07) is 2.27. The first kappa shape index (κ1) is 14.6. The van der Waals surface area contributed by atoms with E-state index in [9.17, 15) is 9.59 Å². The Morgan fingerprint density at radius 3 is 2.52 bits per heavy atom. The molecule has 1 heterocycles. The van der Waals surface area contributed by atoms with Crippen LogP contribution in [0.25, 0.3) is 0 Å². The van der Waals surface area contributed by atoms with E-state index >= 15 is 0 Å². The molecule has 2 saturated carbocycles. The van der Waals surface area contributed by atoms with Crippen LogP contribution in [0.4, 0.5) is 0 Å². The summed E-state index contributed by atoms with van der Waals surface area (Å²) in [5.74, 6) is -1.10. The zero-order chi connectivity index (χ0) is 15.0. The highest BCUT2D eigenvalue weighted by atomic mass is 79.9. The van der Waals surface area contributed by atoms with Gasteiger partial charge in [0.2, 0.25) is 0 Å². The molecule has 0 aromatic carbocycles. The van der Waals surface area contributed by atoms with Gasteiger partial charge in [-0.1, -0.05) is 12.8 Å². The Balaban J connectivity index is 1.87. The van der Waals surface area contributed by atoms with Crippen molar-refractivity contribution in [1.82, 2.24) is 9.47 Å². The molecule has 0 spiro atoms. The van der Waals surface area contributed by atoms with Gasteiger partial charge in [-0.15, -0.1) is 0 Å². The highest BCUT2D eigenvalue weighted by Crippen LogP contribution is 2.38. The number of hydrogen-bond donors (Lipinski definition) is 1. The predicted molar refractivity (Wildman–Crippen MR) is 81.3 cm³/mol. The Morgan fingerprint density at radius 1 is 1.29 bits per heavy atom. The van der Waals surface area contributed by atoms with Gasteiger partial charge in [-0.3, -0.25) is 9.59 Å². The molecule has 1 aromatic rings. The smallest absolute Gasteiger partial charge is 0.323 e. The van der Waals surface area contributed by atoms with Crippen molar-refractivity contribution in [1.29, 1.82) is 0 Å². The second kappa shape index (κ2) is 5.83. The molecule has 0 aliphatic heterocycles. The monoisotopic (exact) mass is 354 g/mol. The van der Waals surface area contributed by atoms with Gasteiger partial charge in [0.15, 0.2) is 0 Å². The standard InChI is InChI=1S/C15H19BrN2O3/c16-10-7-13(17(8-10)12-5-6-12)15(21)18(9-14(19)20)11-3-1-2-4-11/h7-8,11-12H,1-6,9H2,(H,19,20). The number of nitrogens with zero attached hydrogens (tertiary/aromatic N) is 2. The maximum Gasteiger partial charge on any atom is 0.323 e. The molecule has 1 N–H and O–H groups in total. The van der Waals surface area contributed by atoms with E-state index in [1.54, 1.807) is 4.90 Å². The second-order valence-corrected chi connectivity index (χ2v) is 6.86. The fourth-order valence-electron chi connectivity index (χ4n) is 3.15. The highest BCUT2D eigenvalue weighted by Gasteiger charge is 2.33. The predicted octanol–water partition coefficient (Wildman–Crippen LogP) is 3.05. The van der Waals surface area contributed by atoms with E-state index in [-0.39, 0.29) is 18.5 Å². The van der Waals surface area contributed by atoms with Crippen molar-refractivity contribution in [2.24, 2.45) is 0 Å². The van der Waals surface area contributed by atoms with E-state index in [2.05, 4.69) is 15.9 Å². The molecule has 2 aliphatic rings. The molecule has 2 aliphatic carbocycles. The lowest BCUT2D eigenvalue weighted by Gasteiger charge is -2.27. The molecule has 1 amide bonds. The largest absolute Gasteiger partial charge is 0.480 e. The first-order valence-electron chi connectivity index (χ1n) is 7.46. The number of aromatic nitrogens is 1. The number of hydrogen-bond acceptors (Lipinski definition) is 2. The van der Waals surface area contributed by atoms with Crippen LogP contribution in [-0.2, 0) is 4.79 Å². The molecule has 2 fully saturated rings. The average Bonchev–Trinajstić information content (AvgIpc) is 2.98. The fraction of sp³-hybridized carbons (Fsp3) is 0.600. The van der Waals surface area contributed by atoms with Gasteiger partial charge in [-0.25, -0.2) is 0 Å². The van der Waals surface area contributed by atoms with E-state index in [4.69, 9.17) is 5.11 Å². The number of aliphatic carboxylic acids is 1. The molecule has 0 radical (unpaired) electrons. The van der Waals surface area contributed by atoms with Gasteiger partial charge in [0.1, 0.15) is 12.2 Å². The first-order chi connectivity index (χ1) is 10.1. The van der Waals surface area contributed by atoms with Crippen LogP contribution < -0.4 is 0 Å². The average molecular weight is 355 g/mol. The Bertz CT molecular complexity index is 559. The van der Waals surface area contributed by atoms with Crippen molar-refractivity contribution in [3.05, 3.63) is 22.4 Å². The number of carbonyl (C=O) groups excluding carboxylic acids is 1. The lowest BCUT2D eigenvalue weighted by molar-refractivity contribution is -0.138. The van der Waals surface area contributed by atoms with Crippen molar-refractivity contribution < 1.29 is 14.7 Å². The Labute approximate surface area is 132 Å². The van der Waals surface area contributed by atoms with Gasteiger partial charge < -0.3 is 14.6 Å². The minimum absolute atomic E-state index is 0.0647. The summed E-state index contributed by atoms with van der Waals surface area (Å²) in [4.78, 5) is 25.5. The van der Waals surface area contributed by atoms with Gasteiger partial charge in [-0.2, -0.15) is 0 Å². The van der Waals surface area contributed by atoms with Crippen LogP contribution in [0.15, 0.2) is 16.7 Å². The number of carboxylic acid groups (broad SMARTS) is 1. The summed E-state index contributed by atoms with van der Waals surface area (Å²) >= 11 is 3.42. The summed E-state index contributed by atoms with van der Waals surface area (Å²) in [6.45, 7) is -0.211. The summed E-state index contributed by atoms with van der Waals surface area (Å²) < 4.78 is 2.87. The first-order valence-corrected chi connectivity index (χ1v) is 8.25. The number of halogens is 1. The number of carbonyl (C=O) groups is 2. The molecular weight excluding hydrogens is 336 g/mol. The number of amides is 1. The van der Waals surface area contributed by atoms with Crippen LogP contribution >= 0.6 is 15.9 Å². The molecule has 0 atom stereocenters. The minimum atomic E-state index is -0.946. The molecule has 3 rings (SSSR count). The molecule has 5 nitrogen and oxygen atoms in total.